The molecule has 8 heteroatoms. The summed E-state index contributed by atoms with van der Waals surface area (Å²) in [5.41, 5.74) is -0.187. The second-order valence-electron chi connectivity index (χ2n) is 4.93. The SMILES string of the molecule is O=C1[C@H](SC2=NCCS2)CCN1c1ccc(C(F)(F)F)cc1. The lowest BCUT2D eigenvalue weighted by Crippen LogP contribution is -2.28. The highest BCUT2D eigenvalue weighted by Crippen LogP contribution is 2.35. The molecule has 118 valence electrons. The van der Waals surface area contributed by atoms with Gasteiger partial charge >= 0.3 is 6.18 Å². The van der Waals surface area contributed by atoms with Gasteiger partial charge in [-0.15, -0.1) is 0 Å². The summed E-state index contributed by atoms with van der Waals surface area (Å²) in [6.07, 6.45) is -3.67. The van der Waals surface area contributed by atoms with Gasteiger partial charge in [0.1, 0.15) is 4.38 Å². The predicted molar refractivity (Wildman–Crippen MR) is 84.6 cm³/mol. The number of thioether (sulfide) groups is 2. The quantitative estimate of drug-likeness (QED) is 0.819. The number of aliphatic imine (C=N–C) groups is 1. The lowest BCUT2D eigenvalue weighted by molar-refractivity contribution is -0.137. The first-order valence-electron chi connectivity index (χ1n) is 6.78. The first-order chi connectivity index (χ1) is 10.4. The number of halogens is 3. The minimum Gasteiger partial charge on any atom is -0.311 e. The molecule has 2 heterocycles. The van der Waals surface area contributed by atoms with Gasteiger partial charge in [-0.25, -0.2) is 0 Å². The third kappa shape index (κ3) is 3.27. The molecule has 1 aromatic rings. The van der Waals surface area contributed by atoms with Gasteiger partial charge < -0.3 is 4.90 Å². The highest BCUT2D eigenvalue weighted by Gasteiger charge is 2.35. The zero-order valence-corrected chi connectivity index (χ0v) is 13.1. The molecule has 0 bridgehead atoms. The molecule has 1 amide bonds. The van der Waals surface area contributed by atoms with Crippen LogP contribution in [0.25, 0.3) is 0 Å². The van der Waals surface area contributed by atoms with Crippen LogP contribution in [0.4, 0.5) is 18.9 Å². The summed E-state index contributed by atoms with van der Waals surface area (Å²) in [5, 5.41) is -0.188. The fourth-order valence-electron chi connectivity index (χ4n) is 2.36. The summed E-state index contributed by atoms with van der Waals surface area (Å²) in [4.78, 5) is 18.3. The Labute approximate surface area is 134 Å². The van der Waals surface area contributed by atoms with Gasteiger partial charge in [-0.2, -0.15) is 13.2 Å². The van der Waals surface area contributed by atoms with Gasteiger partial charge in [-0.05, 0) is 30.7 Å². The number of alkyl halides is 3. The molecule has 2 aliphatic heterocycles. The molecule has 1 aromatic carbocycles. The summed E-state index contributed by atoms with van der Waals surface area (Å²) in [6, 6.07) is 4.74. The van der Waals surface area contributed by atoms with Gasteiger partial charge in [0.25, 0.3) is 0 Å². The van der Waals surface area contributed by atoms with E-state index in [4.69, 9.17) is 0 Å². The molecule has 0 aliphatic carbocycles. The van der Waals surface area contributed by atoms with Gasteiger partial charge in [0, 0.05) is 18.0 Å². The molecule has 0 N–H and O–H groups in total. The van der Waals surface area contributed by atoms with Crippen molar-refractivity contribution in [2.45, 2.75) is 17.8 Å². The summed E-state index contributed by atoms with van der Waals surface area (Å²) >= 11 is 3.12. The minimum absolute atomic E-state index is 0.0556. The van der Waals surface area contributed by atoms with Crippen molar-refractivity contribution in [3.8, 4) is 0 Å². The Morgan fingerprint density at radius 1 is 1.27 bits per heavy atom. The van der Waals surface area contributed by atoms with Crippen LogP contribution in [-0.4, -0.2) is 34.4 Å². The van der Waals surface area contributed by atoms with Crippen molar-refractivity contribution in [3.63, 3.8) is 0 Å². The van der Waals surface area contributed by atoms with Crippen molar-refractivity contribution >= 4 is 39.5 Å². The Kier molecular flexibility index (Phi) is 4.40. The summed E-state index contributed by atoms with van der Waals surface area (Å²) in [6.45, 7) is 1.32. The molecule has 1 saturated heterocycles. The van der Waals surface area contributed by atoms with Crippen LogP contribution in [0.3, 0.4) is 0 Å². The molecule has 3 rings (SSSR count). The van der Waals surface area contributed by atoms with Gasteiger partial charge in [0.05, 0.1) is 17.4 Å². The zero-order chi connectivity index (χ0) is 15.7. The largest absolute Gasteiger partial charge is 0.416 e. The van der Waals surface area contributed by atoms with E-state index < -0.39 is 11.7 Å². The van der Waals surface area contributed by atoms with E-state index >= 15 is 0 Å². The Morgan fingerprint density at radius 2 is 2.00 bits per heavy atom. The monoisotopic (exact) mass is 346 g/mol. The molecular weight excluding hydrogens is 333 g/mol. The number of nitrogens with zero attached hydrogens (tertiary/aromatic N) is 2. The Bertz CT molecular complexity index is 601. The minimum atomic E-state index is -4.36. The number of rotatable bonds is 2. The van der Waals surface area contributed by atoms with E-state index in [2.05, 4.69) is 4.99 Å². The van der Waals surface area contributed by atoms with Gasteiger partial charge in [-0.3, -0.25) is 9.79 Å². The average molecular weight is 346 g/mol. The molecule has 1 fully saturated rings. The molecular formula is C14H13F3N2OS2. The first-order valence-corrected chi connectivity index (χ1v) is 8.64. The summed E-state index contributed by atoms with van der Waals surface area (Å²) in [5.74, 6) is 0.895. The van der Waals surface area contributed by atoms with Crippen molar-refractivity contribution in [3.05, 3.63) is 29.8 Å². The maximum Gasteiger partial charge on any atom is 0.416 e. The van der Waals surface area contributed by atoms with Gasteiger partial charge in [0.15, 0.2) is 0 Å². The lowest BCUT2D eigenvalue weighted by Gasteiger charge is -2.17. The smallest absolute Gasteiger partial charge is 0.311 e. The Balaban J connectivity index is 1.69. The Morgan fingerprint density at radius 3 is 2.59 bits per heavy atom. The van der Waals surface area contributed by atoms with Crippen LogP contribution in [0.15, 0.2) is 29.3 Å². The normalized spacial score (nSPS) is 22.3. The van der Waals surface area contributed by atoms with E-state index in [0.29, 0.717) is 18.7 Å². The first kappa shape index (κ1) is 15.7. The fourth-order valence-corrected chi connectivity index (χ4v) is 4.63. The topological polar surface area (TPSA) is 32.7 Å². The highest BCUT2D eigenvalue weighted by molar-refractivity contribution is 8.39. The van der Waals surface area contributed by atoms with Crippen molar-refractivity contribution in [2.75, 3.05) is 23.7 Å². The number of hydrogen-bond acceptors (Lipinski definition) is 4. The standard InChI is InChI=1S/C14H13F3N2OS2/c15-14(16,17)9-1-3-10(4-2-9)19-7-5-11(12(19)20)22-13-18-6-8-21-13/h1-4,11H,5-8H2/t11-/m1/s1. The van der Waals surface area contributed by atoms with Crippen molar-refractivity contribution in [1.82, 2.24) is 0 Å². The van der Waals surface area contributed by atoms with Crippen LogP contribution in [0.1, 0.15) is 12.0 Å². The summed E-state index contributed by atoms with van der Waals surface area (Å²) < 4.78 is 38.6. The third-order valence-electron chi connectivity index (χ3n) is 3.46. The molecule has 1 atom stereocenters. The van der Waals surface area contributed by atoms with E-state index in [1.165, 1.54) is 23.9 Å². The lowest BCUT2D eigenvalue weighted by atomic mass is 10.2. The second kappa shape index (κ2) is 6.16. The maximum atomic E-state index is 12.6. The average Bonchev–Trinajstić information content (AvgIpc) is 3.10. The molecule has 0 radical (unpaired) electrons. The fraction of sp³-hybridized carbons (Fsp3) is 0.429. The summed E-state index contributed by atoms with van der Waals surface area (Å²) in [7, 11) is 0. The van der Waals surface area contributed by atoms with Crippen molar-refractivity contribution in [1.29, 1.82) is 0 Å². The van der Waals surface area contributed by atoms with Gasteiger partial charge in [-0.1, -0.05) is 23.5 Å². The maximum absolute atomic E-state index is 12.6. The predicted octanol–water partition coefficient (Wildman–Crippen LogP) is 3.65. The van der Waals surface area contributed by atoms with Crippen molar-refractivity contribution < 1.29 is 18.0 Å². The number of anilines is 1. The molecule has 0 saturated carbocycles. The van der Waals surface area contributed by atoms with E-state index in [1.54, 1.807) is 16.7 Å². The molecule has 3 nitrogen and oxygen atoms in total. The van der Waals surface area contributed by atoms with Gasteiger partial charge in [0.2, 0.25) is 5.91 Å². The molecule has 22 heavy (non-hydrogen) atoms. The van der Waals surface area contributed by atoms with Crippen molar-refractivity contribution in [2.24, 2.45) is 4.99 Å². The number of carbonyl (C=O) groups excluding carboxylic acids is 1. The second-order valence-corrected chi connectivity index (χ2v) is 7.46. The van der Waals surface area contributed by atoms with Crippen LogP contribution in [-0.2, 0) is 11.0 Å². The zero-order valence-electron chi connectivity index (χ0n) is 11.5. The third-order valence-corrected chi connectivity index (χ3v) is 5.92. The van der Waals surface area contributed by atoms with Crippen LogP contribution in [0.2, 0.25) is 0 Å². The van der Waals surface area contributed by atoms with Crippen LogP contribution in [0.5, 0.6) is 0 Å². The van der Waals surface area contributed by atoms with E-state index in [-0.39, 0.29) is 11.2 Å². The molecule has 0 spiro atoms. The van der Waals surface area contributed by atoms with Crippen LogP contribution in [0, 0.1) is 0 Å². The molecule has 2 aliphatic rings. The number of carbonyl (C=O) groups is 1. The number of hydrogen-bond donors (Lipinski definition) is 0. The molecule has 0 aromatic heterocycles. The van der Waals surface area contributed by atoms with E-state index in [1.807, 2.05) is 0 Å². The highest BCUT2D eigenvalue weighted by atomic mass is 32.2. The molecule has 0 unspecified atom stereocenters. The van der Waals surface area contributed by atoms with E-state index in [0.717, 1.165) is 28.8 Å². The van der Waals surface area contributed by atoms with E-state index in [9.17, 15) is 18.0 Å². The van der Waals surface area contributed by atoms with Crippen LogP contribution < -0.4 is 4.90 Å². The number of benzene rings is 1. The van der Waals surface area contributed by atoms with Crippen LogP contribution >= 0.6 is 23.5 Å². The Hall–Kier alpha value is -1.15. The number of amides is 1.